The SMILES string of the molecule is COc1cc([N+](=O)[O-])ccc1NC(=O)c1sc2nc(C)cc(C)c2c1N. The fourth-order valence-corrected chi connectivity index (χ4v) is 3.83. The average molecular weight is 372 g/mol. The highest BCUT2D eigenvalue weighted by molar-refractivity contribution is 7.21. The summed E-state index contributed by atoms with van der Waals surface area (Å²) in [6.45, 7) is 3.80. The minimum absolute atomic E-state index is 0.128. The highest BCUT2D eigenvalue weighted by Crippen LogP contribution is 2.36. The number of thiophene rings is 1. The van der Waals surface area contributed by atoms with Gasteiger partial charge in [-0.2, -0.15) is 0 Å². The van der Waals surface area contributed by atoms with Crippen LogP contribution in [-0.4, -0.2) is 22.9 Å². The van der Waals surface area contributed by atoms with Crippen molar-refractivity contribution in [2.45, 2.75) is 13.8 Å². The zero-order valence-electron chi connectivity index (χ0n) is 14.3. The quantitative estimate of drug-likeness (QED) is 0.532. The Balaban J connectivity index is 1.99. The molecule has 0 saturated carbocycles. The number of hydrogen-bond acceptors (Lipinski definition) is 7. The van der Waals surface area contributed by atoms with E-state index in [0.29, 0.717) is 21.1 Å². The molecule has 2 aromatic heterocycles. The third-order valence-corrected chi connectivity index (χ3v) is 4.97. The highest BCUT2D eigenvalue weighted by Gasteiger charge is 2.21. The van der Waals surface area contributed by atoms with Crippen LogP contribution in [0.3, 0.4) is 0 Å². The maximum absolute atomic E-state index is 12.7. The Bertz CT molecular complexity index is 1040. The molecule has 1 aromatic carbocycles. The number of nitrogens with zero attached hydrogens (tertiary/aromatic N) is 2. The predicted molar refractivity (Wildman–Crippen MR) is 101 cm³/mol. The fourth-order valence-electron chi connectivity index (χ4n) is 2.71. The van der Waals surface area contributed by atoms with Crippen LogP contribution in [0.4, 0.5) is 17.1 Å². The number of aromatic nitrogens is 1. The zero-order chi connectivity index (χ0) is 19.0. The smallest absolute Gasteiger partial charge is 0.273 e. The summed E-state index contributed by atoms with van der Waals surface area (Å²) in [6.07, 6.45) is 0. The molecule has 26 heavy (non-hydrogen) atoms. The van der Waals surface area contributed by atoms with Gasteiger partial charge in [0.1, 0.15) is 15.5 Å². The Labute approximate surface area is 152 Å². The normalized spacial score (nSPS) is 10.7. The number of rotatable bonds is 4. The Kier molecular flexibility index (Phi) is 4.47. The van der Waals surface area contributed by atoms with E-state index in [4.69, 9.17) is 10.5 Å². The summed E-state index contributed by atoms with van der Waals surface area (Å²) in [6, 6.07) is 5.87. The first-order valence-electron chi connectivity index (χ1n) is 7.61. The van der Waals surface area contributed by atoms with Crippen molar-refractivity contribution in [1.29, 1.82) is 0 Å². The topological polar surface area (TPSA) is 120 Å². The van der Waals surface area contributed by atoms with Crippen LogP contribution in [0.2, 0.25) is 0 Å². The maximum Gasteiger partial charge on any atom is 0.273 e. The summed E-state index contributed by atoms with van der Waals surface area (Å²) in [5.41, 5.74) is 8.53. The number of nitrogens with two attached hydrogens (primary N) is 1. The molecule has 0 spiro atoms. The van der Waals surface area contributed by atoms with Gasteiger partial charge in [-0.05, 0) is 31.5 Å². The number of ether oxygens (including phenoxy) is 1. The molecule has 3 N–H and O–H groups in total. The number of nitrogens with one attached hydrogen (secondary N) is 1. The molecule has 0 bridgehead atoms. The van der Waals surface area contributed by atoms with Crippen molar-refractivity contribution in [2.24, 2.45) is 0 Å². The van der Waals surface area contributed by atoms with Crippen molar-refractivity contribution in [3.8, 4) is 5.75 Å². The summed E-state index contributed by atoms with van der Waals surface area (Å²) in [7, 11) is 1.37. The van der Waals surface area contributed by atoms with E-state index in [1.54, 1.807) is 0 Å². The van der Waals surface area contributed by atoms with Gasteiger partial charge in [0, 0.05) is 17.1 Å². The number of fused-ring (bicyclic) bond motifs is 1. The molecule has 3 rings (SSSR count). The van der Waals surface area contributed by atoms with Crippen molar-refractivity contribution in [2.75, 3.05) is 18.2 Å². The second-order valence-electron chi connectivity index (χ2n) is 5.70. The van der Waals surface area contributed by atoms with E-state index in [0.717, 1.165) is 16.6 Å². The van der Waals surface area contributed by atoms with E-state index in [9.17, 15) is 14.9 Å². The number of carbonyl (C=O) groups excluding carboxylic acids is 1. The number of amides is 1. The van der Waals surface area contributed by atoms with Crippen molar-refractivity contribution in [3.63, 3.8) is 0 Å². The second-order valence-corrected chi connectivity index (χ2v) is 6.70. The Morgan fingerprint density at radius 2 is 2.08 bits per heavy atom. The summed E-state index contributed by atoms with van der Waals surface area (Å²) in [5, 5.41) is 14.3. The van der Waals surface area contributed by atoms with Crippen molar-refractivity contribution in [1.82, 2.24) is 4.98 Å². The van der Waals surface area contributed by atoms with Gasteiger partial charge in [-0.1, -0.05) is 0 Å². The third kappa shape index (κ3) is 3.04. The van der Waals surface area contributed by atoms with Gasteiger partial charge in [0.2, 0.25) is 0 Å². The largest absolute Gasteiger partial charge is 0.494 e. The number of aryl methyl sites for hydroxylation is 2. The minimum Gasteiger partial charge on any atom is -0.494 e. The predicted octanol–water partition coefficient (Wildman–Crippen LogP) is 3.66. The third-order valence-electron chi connectivity index (χ3n) is 3.87. The van der Waals surface area contributed by atoms with Gasteiger partial charge in [0.15, 0.2) is 0 Å². The van der Waals surface area contributed by atoms with Crippen LogP contribution in [-0.2, 0) is 0 Å². The van der Waals surface area contributed by atoms with Gasteiger partial charge in [-0.15, -0.1) is 11.3 Å². The number of anilines is 2. The minimum atomic E-state index is -0.533. The lowest BCUT2D eigenvalue weighted by molar-refractivity contribution is -0.384. The van der Waals surface area contributed by atoms with E-state index in [2.05, 4.69) is 10.3 Å². The van der Waals surface area contributed by atoms with E-state index >= 15 is 0 Å². The average Bonchev–Trinajstić information content (AvgIpc) is 2.91. The monoisotopic (exact) mass is 372 g/mol. The van der Waals surface area contributed by atoms with Crippen molar-refractivity contribution >= 4 is 44.5 Å². The molecule has 0 aliphatic rings. The molecule has 8 nitrogen and oxygen atoms in total. The van der Waals surface area contributed by atoms with Gasteiger partial charge in [-0.25, -0.2) is 4.98 Å². The molecule has 2 heterocycles. The number of non-ortho nitro benzene ring substituents is 1. The van der Waals surface area contributed by atoms with E-state index in [1.165, 1.54) is 36.6 Å². The molecular formula is C17H16N4O4S. The second kappa shape index (κ2) is 6.60. The molecule has 134 valence electrons. The van der Waals surface area contributed by atoms with Crippen LogP contribution >= 0.6 is 11.3 Å². The summed E-state index contributed by atoms with van der Waals surface area (Å²) in [5.74, 6) is -0.230. The molecule has 0 aliphatic heterocycles. The number of carbonyl (C=O) groups is 1. The molecule has 9 heteroatoms. The lowest BCUT2D eigenvalue weighted by Gasteiger charge is -2.09. The van der Waals surface area contributed by atoms with Crippen LogP contribution in [0.25, 0.3) is 10.2 Å². The maximum atomic E-state index is 12.7. The zero-order valence-corrected chi connectivity index (χ0v) is 15.1. The van der Waals surface area contributed by atoms with Crippen LogP contribution in [0.1, 0.15) is 20.9 Å². The number of nitro benzene ring substituents is 1. The van der Waals surface area contributed by atoms with Gasteiger partial charge in [0.05, 0.1) is 29.5 Å². The molecule has 0 radical (unpaired) electrons. The van der Waals surface area contributed by atoms with E-state index in [-0.39, 0.29) is 11.4 Å². The van der Waals surface area contributed by atoms with Crippen molar-refractivity contribution < 1.29 is 14.5 Å². The van der Waals surface area contributed by atoms with Crippen LogP contribution in [0.5, 0.6) is 5.75 Å². The number of pyridine rings is 1. The lowest BCUT2D eigenvalue weighted by atomic mass is 10.1. The molecule has 0 aliphatic carbocycles. The molecule has 0 unspecified atom stereocenters. The fraction of sp³-hybridized carbons (Fsp3) is 0.176. The first kappa shape index (κ1) is 17.6. The molecule has 3 aromatic rings. The Morgan fingerprint density at radius 1 is 1.35 bits per heavy atom. The lowest BCUT2D eigenvalue weighted by Crippen LogP contribution is -2.13. The molecule has 0 fully saturated rings. The highest BCUT2D eigenvalue weighted by atomic mass is 32.1. The van der Waals surface area contributed by atoms with E-state index in [1.807, 2.05) is 19.9 Å². The Morgan fingerprint density at radius 3 is 2.73 bits per heavy atom. The number of benzene rings is 1. The van der Waals surface area contributed by atoms with Gasteiger partial charge >= 0.3 is 0 Å². The number of hydrogen-bond donors (Lipinski definition) is 2. The molecule has 0 saturated heterocycles. The first-order valence-corrected chi connectivity index (χ1v) is 8.43. The molecular weight excluding hydrogens is 356 g/mol. The number of nitro groups is 1. The summed E-state index contributed by atoms with van der Waals surface area (Å²) in [4.78, 5) is 28.5. The molecule has 1 amide bonds. The van der Waals surface area contributed by atoms with Crippen LogP contribution in [0.15, 0.2) is 24.3 Å². The number of nitrogen functional groups attached to an aromatic ring is 1. The van der Waals surface area contributed by atoms with Crippen LogP contribution in [0, 0.1) is 24.0 Å². The van der Waals surface area contributed by atoms with Crippen LogP contribution < -0.4 is 15.8 Å². The summed E-state index contributed by atoms with van der Waals surface area (Å²) >= 11 is 1.20. The van der Waals surface area contributed by atoms with E-state index < -0.39 is 10.8 Å². The van der Waals surface area contributed by atoms with Gasteiger partial charge in [-0.3, -0.25) is 14.9 Å². The van der Waals surface area contributed by atoms with Crippen molar-refractivity contribution in [3.05, 3.63) is 50.5 Å². The van der Waals surface area contributed by atoms with Gasteiger partial charge < -0.3 is 15.8 Å². The molecule has 0 atom stereocenters. The Hall–Kier alpha value is -3.20. The van der Waals surface area contributed by atoms with Gasteiger partial charge in [0.25, 0.3) is 11.6 Å². The standard InChI is InChI=1S/C17H16N4O4S/c1-8-6-9(2)19-17-13(8)14(18)15(26-17)16(22)20-11-5-4-10(21(23)24)7-12(11)25-3/h4-7H,18H2,1-3H3,(H,20,22). The number of methoxy groups -OCH3 is 1. The summed E-state index contributed by atoms with van der Waals surface area (Å²) < 4.78 is 5.14. The first-order chi connectivity index (χ1) is 12.3.